The zero-order chi connectivity index (χ0) is 15.9. The highest BCUT2D eigenvalue weighted by atomic mass is 15.1. The second-order valence-electron chi connectivity index (χ2n) is 4.96. The van der Waals surface area contributed by atoms with Gasteiger partial charge in [-0.05, 0) is 18.4 Å². The maximum absolute atomic E-state index is 6.47. The Balaban J connectivity index is 0.000000486. The summed E-state index contributed by atoms with van der Waals surface area (Å²) in [6.45, 7) is 2.27. The molecule has 1 aromatic carbocycles. The van der Waals surface area contributed by atoms with E-state index in [1.54, 1.807) is 0 Å². The van der Waals surface area contributed by atoms with Gasteiger partial charge in [0.05, 0.1) is 0 Å². The molecule has 5 nitrogen and oxygen atoms in total. The van der Waals surface area contributed by atoms with E-state index in [1.165, 1.54) is 50.5 Å². The number of aryl methyl sites for hydroxylation is 1. The number of nitrogens with one attached hydrogen (secondary N) is 3. The summed E-state index contributed by atoms with van der Waals surface area (Å²) in [6.07, 6.45) is 9.60. The minimum Gasteiger partial charge on any atom is -0.370 e. The summed E-state index contributed by atoms with van der Waals surface area (Å²) in [6, 6.07) is 10.8. The number of rotatable bonds is 7. The number of hydrogen-bond acceptors (Lipinski definition) is 2. The van der Waals surface area contributed by atoms with Crippen LogP contribution in [-0.2, 0) is 6.42 Å². The van der Waals surface area contributed by atoms with Crippen molar-refractivity contribution in [3.05, 3.63) is 35.9 Å². The van der Waals surface area contributed by atoms with Crippen LogP contribution in [0.25, 0.3) is 0 Å². The largest absolute Gasteiger partial charge is 0.370 e. The normalized spacial score (nSPS) is 9.38. The van der Waals surface area contributed by atoms with Crippen LogP contribution in [0.3, 0.4) is 0 Å². The van der Waals surface area contributed by atoms with Crippen molar-refractivity contribution >= 4 is 11.9 Å². The lowest BCUT2D eigenvalue weighted by molar-refractivity contribution is 0.607. The molecule has 21 heavy (non-hydrogen) atoms. The van der Waals surface area contributed by atoms with E-state index in [2.05, 4.69) is 37.3 Å². The first kappa shape index (κ1) is 19.0. The van der Waals surface area contributed by atoms with Crippen LogP contribution in [0.2, 0.25) is 0 Å². The van der Waals surface area contributed by atoms with E-state index >= 15 is 0 Å². The number of benzene rings is 1. The standard InChI is InChI=1S/C14H22.C2H7N5/c1-2-3-4-5-6-8-11-14-12-9-7-10-13-14;3-1(4)7-2(5)6/h7,9-10,12-13H,2-6,8,11H2,1H3;(H7,3,4,5,6,7). The summed E-state index contributed by atoms with van der Waals surface area (Å²) >= 11 is 0. The van der Waals surface area contributed by atoms with Gasteiger partial charge in [-0.1, -0.05) is 69.4 Å². The zero-order valence-electron chi connectivity index (χ0n) is 13.0. The Morgan fingerprint density at radius 3 is 1.90 bits per heavy atom. The average Bonchev–Trinajstić information content (AvgIpc) is 2.43. The molecule has 0 bridgehead atoms. The van der Waals surface area contributed by atoms with Crippen molar-refractivity contribution in [2.75, 3.05) is 0 Å². The highest BCUT2D eigenvalue weighted by molar-refractivity contribution is 5.93. The molecule has 0 aliphatic carbocycles. The fourth-order valence-corrected chi connectivity index (χ4v) is 1.90. The van der Waals surface area contributed by atoms with Crippen molar-refractivity contribution in [1.82, 2.24) is 5.32 Å². The van der Waals surface area contributed by atoms with Crippen LogP contribution in [0.5, 0.6) is 0 Å². The van der Waals surface area contributed by atoms with E-state index in [-0.39, 0.29) is 11.9 Å². The molecule has 0 aliphatic heterocycles. The first-order chi connectivity index (χ1) is 10.1. The van der Waals surface area contributed by atoms with E-state index < -0.39 is 0 Å². The smallest absolute Gasteiger partial charge is 0.192 e. The van der Waals surface area contributed by atoms with Gasteiger partial charge in [0.2, 0.25) is 0 Å². The van der Waals surface area contributed by atoms with Gasteiger partial charge in [0.1, 0.15) is 0 Å². The molecule has 0 spiro atoms. The van der Waals surface area contributed by atoms with E-state index in [9.17, 15) is 0 Å². The van der Waals surface area contributed by atoms with E-state index in [4.69, 9.17) is 22.3 Å². The molecule has 1 rings (SSSR count). The first-order valence-corrected chi connectivity index (χ1v) is 7.55. The van der Waals surface area contributed by atoms with Crippen molar-refractivity contribution < 1.29 is 0 Å². The Morgan fingerprint density at radius 2 is 1.43 bits per heavy atom. The average molecular weight is 291 g/mol. The molecular formula is C16H29N5. The van der Waals surface area contributed by atoms with Gasteiger partial charge in [-0.25, -0.2) is 0 Å². The third-order valence-electron chi connectivity index (χ3n) is 2.93. The summed E-state index contributed by atoms with van der Waals surface area (Å²) in [4.78, 5) is 0. The van der Waals surface area contributed by atoms with Gasteiger partial charge in [0.25, 0.3) is 0 Å². The predicted molar refractivity (Wildman–Crippen MR) is 90.5 cm³/mol. The van der Waals surface area contributed by atoms with Crippen LogP contribution in [0.4, 0.5) is 0 Å². The molecule has 0 fully saturated rings. The molecule has 118 valence electrons. The zero-order valence-corrected chi connectivity index (χ0v) is 13.0. The third kappa shape index (κ3) is 14.2. The van der Waals surface area contributed by atoms with Gasteiger partial charge in [0.15, 0.2) is 11.9 Å². The fourth-order valence-electron chi connectivity index (χ4n) is 1.90. The number of hydrogen-bond donors (Lipinski definition) is 5. The molecule has 0 radical (unpaired) electrons. The van der Waals surface area contributed by atoms with Crippen molar-refractivity contribution in [2.45, 2.75) is 51.9 Å². The summed E-state index contributed by atoms with van der Waals surface area (Å²) in [7, 11) is 0. The van der Waals surface area contributed by atoms with Crippen molar-refractivity contribution in [1.29, 1.82) is 10.8 Å². The van der Waals surface area contributed by atoms with Crippen LogP contribution >= 0.6 is 0 Å². The Morgan fingerprint density at radius 1 is 0.905 bits per heavy atom. The van der Waals surface area contributed by atoms with Crippen LogP contribution in [0, 0.1) is 10.8 Å². The molecule has 0 aliphatic rings. The van der Waals surface area contributed by atoms with Gasteiger partial charge in [-0.3, -0.25) is 16.1 Å². The van der Waals surface area contributed by atoms with Gasteiger partial charge in [-0.15, -0.1) is 0 Å². The second kappa shape index (κ2) is 13.0. The van der Waals surface area contributed by atoms with Gasteiger partial charge in [-0.2, -0.15) is 0 Å². The van der Waals surface area contributed by atoms with Crippen LogP contribution < -0.4 is 16.8 Å². The maximum atomic E-state index is 6.47. The van der Waals surface area contributed by atoms with Crippen molar-refractivity contribution in [3.63, 3.8) is 0 Å². The Bertz CT molecular complexity index is 377. The number of unbranched alkanes of at least 4 members (excludes halogenated alkanes) is 5. The molecule has 0 unspecified atom stereocenters. The van der Waals surface area contributed by atoms with E-state index in [0.29, 0.717) is 0 Å². The van der Waals surface area contributed by atoms with Gasteiger partial charge < -0.3 is 11.5 Å². The molecule has 0 atom stereocenters. The summed E-state index contributed by atoms with van der Waals surface area (Å²) in [5, 5.41) is 15.0. The first-order valence-electron chi connectivity index (χ1n) is 7.55. The molecule has 0 saturated heterocycles. The minimum absolute atomic E-state index is 0.312. The Labute approximate surface area is 128 Å². The molecule has 0 saturated carbocycles. The topological polar surface area (TPSA) is 112 Å². The Hall–Kier alpha value is -2.04. The van der Waals surface area contributed by atoms with Crippen molar-refractivity contribution in [3.8, 4) is 0 Å². The lowest BCUT2D eigenvalue weighted by Gasteiger charge is -2.01. The number of guanidine groups is 2. The summed E-state index contributed by atoms with van der Waals surface area (Å²) < 4.78 is 0. The highest BCUT2D eigenvalue weighted by Gasteiger charge is 1.92. The van der Waals surface area contributed by atoms with Gasteiger partial charge in [0, 0.05) is 0 Å². The summed E-state index contributed by atoms with van der Waals surface area (Å²) in [5.41, 5.74) is 11.0. The predicted octanol–water partition coefficient (Wildman–Crippen LogP) is 2.95. The molecule has 0 aromatic heterocycles. The van der Waals surface area contributed by atoms with Crippen LogP contribution in [0.1, 0.15) is 51.0 Å². The SMILES string of the molecule is CCCCCCCCc1ccccc1.N=C(N)NC(=N)N. The molecule has 0 amide bonds. The van der Waals surface area contributed by atoms with E-state index in [1.807, 2.05) is 5.32 Å². The van der Waals surface area contributed by atoms with Gasteiger partial charge >= 0.3 is 0 Å². The van der Waals surface area contributed by atoms with Crippen LogP contribution in [-0.4, -0.2) is 11.9 Å². The second-order valence-corrected chi connectivity index (χ2v) is 4.96. The lowest BCUT2D eigenvalue weighted by atomic mass is 10.1. The number of nitrogens with two attached hydrogens (primary N) is 2. The van der Waals surface area contributed by atoms with Crippen molar-refractivity contribution in [2.24, 2.45) is 11.5 Å². The third-order valence-corrected chi connectivity index (χ3v) is 2.93. The molecular weight excluding hydrogens is 262 g/mol. The quantitative estimate of drug-likeness (QED) is 0.302. The van der Waals surface area contributed by atoms with Crippen LogP contribution in [0.15, 0.2) is 30.3 Å². The molecule has 5 heteroatoms. The lowest BCUT2D eigenvalue weighted by Crippen LogP contribution is -2.39. The minimum atomic E-state index is -0.312. The molecule has 1 aromatic rings. The fraction of sp³-hybridized carbons (Fsp3) is 0.500. The highest BCUT2D eigenvalue weighted by Crippen LogP contribution is 2.09. The molecule has 0 heterocycles. The molecule has 7 N–H and O–H groups in total. The maximum Gasteiger partial charge on any atom is 0.192 e. The monoisotopic (exact) mass is 291 g/mol. The Kier molecular flexibility index (Phi) is 11.7. The van der Waals surface area contributed by atoms with E-state index in [0.717, 1.165) is 0 Å². The summed E-state index contributed by atoms with van der Waals surface area (Å²) in [5.74, 6) is -0.625.